The van der Waals surface area contributed by atoms with E-state index in [1.165, 1.54) is 6.07 Å². The lowest BCUT2D eigenvalue weighted by Crippen LogP contribution is -2.16. The highest BCUT2D eigenvalue weighted by Crippen LogP contribution is 2.23. The molecule has 0 amide bonds. The van der Waals surface area contributed by atoms with Gasteiger partial charge in [-0.15, -0.1) is 0 Å². The Kier molecular flexibility index (Phi) is 3.10. The van der Waals surface area contributed by atoms with Crippen LogP contribution in [0.3, 0.4) is 0 Å². The maximum absolute atomic E-state index is 12.1. The molecular weight excluding hydrogens is 270 g/mol. The summed E-state index contributed by atoms with van der Waals surface area (Å²) >= 11 is 0. The molecule has 0 saturated carbocycles. The maximum atomic E-state index is 12.1. The van der Waals surface area contributed by atoms with Crippen LogP contribution in [0.2, 0.25) is 0 Å². The van der Waals surface area contributed by atoms with Crippen molar-refractivity contribution in [1.82, 2.24) is 4.98 Å². The van der Waals surface area contributed by atoms with Crippen LogP contribution in [0.1, 0.15) is 5.69 Å². The van der Waals surface area contributed by atoms with Crippen molar-refractivity contribution in [2.75, 3.05) is 7.11 Å². The van der Waals surface area contributed by atoms with Crippen molar-refractivity contribution in [3.05, 3.63) is 62.7 Å². The van der Waals surface area contributed by atoms with Crippen molar-refractivity contribution in [2.24, 2.45) is 0 Å². The van der Waals surface area contributed by atoms with E-state index in [1.54, 1.807) is 44.4 Å². The zero-order valence-corrected chi connectivity index (χ0v) is 11.6. The molecule has 0 atom stereocenters. The number of nitrogens with one attached hydrogen (secondary N) is 1. The topological polar surface area (TPSA) is 72.3 Å². The van der Waals surface area contributed by atoms with Gasteiger partial charge in [-0.1, -0.05) is 0 Å². The summed E-state index contributed by atoms with van der Waals surface area (Å²) in [6.07, 6.45) is 0. The van der Waals surface area contributed by atoms with Crippen LogP contribution in [0.15, 0.2) is 50.4 Å². The maximum Gasteiger partial charge on any atom is 0.263 e. The summed E-state index contributed by atoms with van der Waals surface area (Å²) in [4.78, 5) is 26.5. The number of H-pyrrole nitrogens is 1. The number of fused-ring (bicyclic) bond motifs is 1. The van der Waals surface area contributed by atoms with E-state index in [0.717, 1.165) is 5.56 Å². The highest BCUT2D eigenvalue weighted by molar-refractivity contribution is 5.78. The van der Waals surface area contributed by atoms with E-state index in [4.69, 9.17) is 9.15 Å². The van der Waals surface area contributed by atoms with Crippen LogP contribution in [0, 0.1) is 6.92 Å². The Morgan fingerprint density at radius 2 is 1.81 bits per heavy atom. The monoisotopic (exact) mass is 283 g/mol. The third-order valence-electron chi connectivity index (χ3n) is 3.23. The Hall–Kier alpha value is -2.82. The first-order valence-electron chi connectivity index (χ1n) is 6.40. The molecule has 3 aromatic rings. The van der Waals surface area contributed by atoms with E-state index in [9.17, 15) is 9.59 Å². The fourth-order valence-electron chi connectivity index (χ4n) is 2.21. The van der Waals surface area contributed by atoms with E-state index < -0.39 is 5.56 Å². The number of aromatic nitrogens is 1. The molecule has 1 aromatic carbocycles. The minimum Gasteiger partial charge on any atom is -0.497 e. The summed E-state index contributed by atoms with van der Waals surface area (Å²) in [5, 5.41) is 0.0397. The molecule has 0 spiro atoms. The highest BCUT2D eigenvalue weighted by Gasteiger charge is 2.10. The molecule has 0 radical (unpaired) electrons. The SMILES string of the molecule is COc1ccc(-c2cc(=O)c3c(=O)[nH]c(C)cc3o2)cc1. The van der Waals surface area contributed by atoms with Crippen LogP contribution in [-0.4, -0.2) is 12.1 Å². The van der Waals surface area contributed by atoms with Crippen molar-refractivity contribution in [3.63, 3.8) is 0 Å². The highest BCUT2D eigenvalue weighted by atomic mass is 16.5. The second-order valence-corrected chi connectivity index (χ2v) is 4.72. The molecular formula is C16H13NO4. The zero-order chi connectivity index (χ0) is 15.0. The van der Waals surface area contributed by atoms with E-state index in [1.807, 2.05) is 0 Å². The Labute approximate surface area is 119 Å². The van der Waals surface area contributed by atoms with Gasteiger partial charge in [-0.2, -0.15) is 0 Å². The Morgan fingerprint density at radius 1 is 1.10 bits per heavy atom. The van der Waals surface area contributed by atoms with Gasteiger partial charge in [0.05, 0.1) is 7.11 Å². The molecule has 5 nitrogen and oxygen atoms in total. The van der Waals surface area contributed by atoms with Gasteiger partial charge in [0, 0.05) is 23.4 Å². The smallest absolute Gasteiger partial charge is 0.263 e. The lowest BCUT2D eigenvalue weighted by molar-refractivity contribution is 0.415. The Morgan fingerprint density at radius 3 is 2.48 bits per heavy atom. The first kappa shape index (κ1) is 13.2. The van der Waals surface area contributed by atoms with E-state index >= 15 is 0 Å². The fraction of sp³-hybridized carbons (Fsp3) is 0.125. The van der Waals surface area contributed by atoms with Gasteiger partial charge in [-0.05, 0) is 31.2 Å². The van der Waals surface area contributed by atoms with E-state index in [2.05, 4.69) is 4.98 Å². The number of ether oxygens (including phenoxy) is 1. The molecule has 2 aromatic heterocycles. The van der Waals surface area contributed by atoms with Crippen molar-refractivity contribution < 1.29 is 9.15 Å². The van der Waals surface area contributed by atoms with Crippen molar-refractivity contribution in [3.8, 4) is 17.1 Å². The van der Waals surface area contributed by atoms with Gasteiger partial charge < -0.3 is 14.1 Å². The molecule has 0 unspecified atom stereocenters. The molecule has 0 bridgehead atoms. The summed E-state index contributed by atoms with van der Waals surface area (Å²) in [7, 11) is 1.58. The van der Waals surface area contributed by atoms with Crippen molar-refractivity contribution in [1.29, 1.82) is 0 Å². The van der Waals surface area contributed by atoms with E-state index in [-0.39, 0.29) is 16.4 Å². The summed E-state index contributed by atoms with van der Waals surface area (Å²) in [5.74, 6) is 1.13. The number of aromatic amines is 1. The van der Waals surface area contributed by atoms with Crippen LogP contribution in [-0.2, 0) is 0 Å². The van der Waals surface area contributed by atoms with E-state index in [0.29, 0.717) is 17.2 Å². The molecule has 5 heteroatoms. The second kappa shape index (κ2) is 4.94. The number of aryl methyl sites for hydroxylation is 1. The first-order valence-corrected chi connectivity index (χ1v) is 6.40. The third kappa shape index (κ3) is 2.33. The van der Waals surface area contributed by atoms with Crippen LogP contribution in [0.4, 0.5) is 0 Å². The fourth-order valence-corrected chi connectivity index (χ4v) is 2.21. The minimum absolute atomic E-state index is 0.0397. The number of benzene rings is 1. The number of hydrogen-bond acceptors (Lipinski definition) is 4. The number of hydrogen-bond donors (Lipinski definition) is 1. The summed E-state index contributed by atoms with van der Waals surface area (Å²) in [6, 6.07) is 10.1. The summed E-state index contributed by atoms with van der Waals surface area (Å²) < 4.78 is 10.8. The van der Waals surface area contributed by atoms with Gasteiger partial charge in [0.15, 0.2) is 5.43 Å². The van der Waals surface area contributed by atoms with Crippen molar-refractivity contribution in [2.45, 2.75) is 6.92 Å². The lowest BCUT2D eigenvalue weighted by Gasteiger charge is -2.05. The van der Waals surface area contributed by atoms with Crippen LogP contribution < -0.4 is 15.7 Å². The Balaban J connectivity index is 2.24. The van der Waals surface area contributed by atoms with Gasteiger partial charge >= 0.3 is 0 Å². The number of methoxy groups -OCH3 is 1. The molecule has 0 saturated heterocycles. The van der Waals surface area contributed by atoms with Crippen LogP contribution in [0.5, 0.6) is 5.75 Å². The molecule has 1 N–H and O–H groups in total. The second-order valence-electron chi connectivity index (χ2n) is 4.72. The van der Waals surface area contributed by atoms with Crippen LogP contribution in [0.25, 0.3) is 22.3 Å². The lowest BCUT2D eigenvalue weighted by atomic mass is 10.1. The van der Waals surface area contributed by atoms with Gasteiger partial charge in [-0.25, -0.2) is 0 Å². The third-order valence-corrected chi connectivity index (χ3v) is 3.23. The molecule has 0 aliphatic rings. The first-order chi connectivity index (χ1) is 10.1. The normalized spacial score (nSPS) is 10.8. The predicted molar refractivity (Wildman–Crippen MR) is 79.8 cm³/mol. The standard InChI is InChI=1S/C16H13NO4/c1-9-7-14-15(16(19)17-9)12(18)8-13(21-14)10-3-5-11(20-2)6-4-10/h3-8H,1-2H3,(H,17,19). The van der Waals surface area contributed by atoms with Crippen molar-refractivity contribution >= 4 is 11.0 Å². The largest absolute Gasteiger partial charge is 0.497 e. The van der Waals surface area contributed by atoms with Gasteiger partial charge in [0.25, 0.3) is 5.56 Å². The predicted octanol–water partition coefficient (Wildman–Crippen LogP) is 2.47. The molecule has 0 fully saturated rings. The van der Waals surface area contributed by atoms with Gasteiger partial charge in [-0.3, -0.25) is 9.59 Å². The van der Waals surface area contributed by atoms with Gasteiger partial charge in [0.1, 0.15) is 22.5 Å². The number of rotatable bonds is 2. The summed E-state index contributed by atoms with van der Waals surface area (Å²) in [6.45, 7) is 1.74. The molecule has 3 rings (SSSR count). The molecule has 0 aliphatic heterocycles. The Bertz CT molecular complexity index is 920. The average Bonchev–Trinajstić information content (AvgIpc) is 2.46. The molecule has 21 heavy (non-hydrogen) atoms. The van der Waals surface area contributed by atoms with Crippen LogP contribution >= 0.6 is 0 Å². The number of pyridine rings is 1. The van der Waals surface area contributed by atoms with Gasteiger partial charge in [0.2, 0.25) is 0 Å². The summed E-state index contributed by atoms with van der Waals surface area (Å²) in [5.41, 5.74) is 0.883. The molecule has 0 aliphatic carbocycles. The zero-order valence-electron chi connectivity index (χ0n) is 11.6. The quantitative estimate of drug-likeness (QED) is 0.784. The molecule has 2 heterocycles. The average molecular weight is 283 g/mol. The minimum atomic E-state index is -0.431. The molecule has 106 valence electrons.